The number of halogens is 3. The minimum absolute atomic E-state index is 0.125. The Hall–Kier alpha value is -1.14. The molecule has 7 heteroatoms. The highest BCUT2D eigenvalue weighted by Gasteiger charge is 2.23. The van der Waals surface area contributed by atoms with E-state index in [2.05, 4.69) is 10.6 Å². The normalized spacial score (nSPS) is 11.5. The third kappa shape index (κ3) is 5.18. The van der Waals surface area contributed by atoms with E-state index >= 15 is 0 Å². The lowest BCUT2D eigenvalue weighted by molar-refractivity contribution is -0.120. The number of hydrogen-bond acceptors (Lipinski definition) is 3. The summed E-state index contributed by atoms with van der Waals surface area (Å²) in [4.78, 5) is 12.9. The Balaban J connectivity index is 1.89. The molecule has 1 aromatic heterocycles. The van der Waals surface area contributed by atoms with Gasteiger partial charge >= 0.3 is 0 Å². The third-order valence-corrected chi connectivity index (χ3v) is 4.93. The average Bonchev–Trinajstić information content (AvgIpc) is 2.88. The van der Waals surface area contributed by atoms with Crippen LogP contribution in [0.3, 0.4) is 0 Å². The Morgan fingerprint density at radius 2 is 2.00 bits per heavy atom. The molecule has 0 fully saturated rings. The van der Waals surface area contributed by atoms with Crippen LogP contribution in [0, 0.1) is 5.82 Å². The summed E-state index contributed by atoms with van der Waals surface area (Å²) in [7, 11) is 0. The van der Waals surface area contributed by atoms with Crippen molar-refractivity contribution in [2.24, 2.45) is 0 Å². The summed E-state index contributed by atoms with van der Waals surface area (Å²) in [6.45, 7) is 4.34. The Morgan fingerprint density at radius 3 is 2.61 bits per heavy atom. The number of benzene rings is 1. The van der Waals surface area contributed by atoms with E-state index in [0.29, 0.717) is 15.9 Å². The Morgan fingerprint density at radius 1 is 1.26 bits per heavy atom. The molecule has 124 valence electrons. The first kappa shape index (κ1) is 18.2. The highest BCUT2D eigenvalue weighted by Crippen LogP contribution is 2.28. The van der Waals surface area contributed by atoms with Crippen molar-refractivity contribution < 1.29 is 9.18 Å². The molecule has 0 saturated heterocycles. The molecule has 0 spiro atoms. The summed E-state index contributed by atoms with van der Waals surface area (Å²) in [6.07, 6.45) is 0. The van der Waals surface area contributed by atoms with Crippen molar-refractivity contribution in [3.05, 3.63) is 55.9 Å². The zero-order valence-electron chi connectivity index (χ0n) is 12.8. The van der Waals surface area contributed by atoms with E-state index in [4.69, 9.17) is 23.2 Å². The molecule has 0 radical (unpaired) electrons. The van der Waals surface area contributed by atoms with Crippen LogP contribution in [0.4, 0.5) is 4.39 Å². The molecule has 0 saturated carbocycles. The number of rotatable bonds is 6. The zero-order valence-corrected chi connectivity index (χ0v) is 15.1. The molecule has 23 heavy (non-hydrogen) atoms. The molecule has 0 aliphatic rings. The zero-order chi connectivity index (χ0) is 17.0. The van der Waals surface area contributed by atoms with Crippen molar-refractivity contribution in [2.75, 3.05) is 6.54 Å². The molecule has 0 bridgehead atoms. The lowest BCUT2D eigenvalue weighted by atomic mass is 9.94. The number of amides is 1. The minimum atomic E-state index is -0.561. The molecule has 1 heterocycles. The first-order valence-corrected chi connectivity index (χ1v) is 8.56. The van der Waals surface area contributed by atoms with Crippen LogP contribution >= 0.6 is 34.5 Å². The molecule has 0 aliphatic carbocycles. The monoisotopic (exact) mass is 374 g/mol. The topological polar surface area (TPSA) is 41.1 Å². The van der Waals surface area contributed by atoms with Crippen LogP contribution in [0.2, 0.25) is 9.36 Å². The third-order valence-electron chi connectivity index (χ3n) is 3.38. The van der Waals surface area contributed by atoms with Crippen LogP contribution in [0.1, 0.15) is 24.3 Å². The van der Waals surface area contributed by atoms with Crippen molar-refractivity contribution in [1.29, 1.82) is 0 Å². The molecule has 3 nitrogen and oxygen atoms in total. The highest BCUT2D eigenvalue weighted by molar-refractivity contribution is 7.16. The van der Waals surface area contributed by atoms with E-state index < -0.39 is 5.54 Å². The highest BCUT2D eigenvalue weighted by atomic mass is 35.5. The van der Waals surface area contributed by atoms with Gasteiger partial charge in [-0.1, -0.05) is 29.3 Å². The summed E-state index contributed by atoms with van der Waals surface area (Å²) in [5.41, 5.74) is 0.173. The Kier molecular flexibility index (Phi) is 6.03. The predicted molar refractivity (Wildman–Crippen MR) is 93.6 cm³/mol. The quantitative estimate of drug-likeness (QED) is 0.789. The van der Waals surface area contributed by atoms with Crippen LogP contribution in [-0.4, -0.2) is 12.5 Å². The fraction of sp³-hybridized carbons (Fsp3) is 0.312. The van der Waals surface area contributed by atoms with Gasteiger partial charge in [0.2, 0.25) is 5.91 Å². The maximum atomic E-state index is 13.1. The number of hydrogen-bond donors (Lipinski definition) is 2. The molecule has 2 aromatic rings. The second-order valence-corrected chi connectivity index (χ2v) is 7.79. The largest absolute Gasteiger partial charge is 0.350 e. The summed E-state index contributed by atoms with van der Waals surface area (Å²) in [6, 6.07) is 7.91. The number of nitrogens with one attached hydrogen (secondary N) is 2. The van der Waals surface area contributed by atoms with Crippen molar-refractivity contribution in [3.63, 3.8) is 0 Å². The van der Waals surface area contributed by atoms with Crippen LogP contribution in [0.25, 0.3) is 0 Å². The second kappa shape index (κ2) is 7.62. The maximum Gasteiger partial charge on any atom is 0.234 e. The fourth-order valence-corrected chi connectivity index (χ4v) is 3.52. The molecule has 0 aliphatic heterocycles. The summed E-state index contributed by atoms with van der Waals surface area (Å²) >= 11 is 13.4. The van der Waals surface area contributed by atoms with E-state index in [1.807, 2.05) is 19.9 Å². The lowest BCUT2D eigenvalue weighted by Gasteiger charge is -2.27. The molecule has 0 atom stereocenters. The molecule has 1 aromatic carbocycles. The first-order chi connectivity index (χ1) is 10.8. The molecular weight excluding hydrogens is 358 g/mol. The van der Waals surface area contributed by atoms with Gasteiger partial charge in [0.25, 0.3) is 0 Å². The fourth-order valence-electron chi connectivity index (χ4n) is 2.09. The van der Waals surface area contributed by atoms with Crippen molar-refractivity contribution in [3.8, 4) is 0 Å². The summed E-state index contributed by atoms with van der Waals surface area (Å²) in [5, 5.41) is 6.28. The molecule has 1 amide bonds. The van der Waals surface area contributed by atoms with Crippen LogP contribution in [0.5, 0.6) is 0 Å². The van der Waals surface area contributed by atoms with Gasteiger partial charge in [-0.25, -0.2) is 4.39 Å². The van der Waals surface area contributed by atoms with E-state index in [1.54, 1.807) is 12.1 Å². The van der Waals surface area contributed by atoms with Gasteiger partial charge in [-0.05, 0) is 43.7 Å². The Bertz CT molecular complexity index is 703. The van der Waals surface area contributed by atoms with Gasteiger partial charge < -0.3 is 5.32 Å². The van der Waals surface area contributed by atoms with Crippen LogP contribution in [0.15, 0.2) is 30.3 Å². The van der Waals surface area contributed by atoms with Gasteiger partial charge in [-0.15, -0.1) is 11.3 Å². The van der Waals surface area contributed by atoms with Gasteiger partial charge in [-0.3, -0.25) is 10.1 Å². The van der Waals surface area contributed by atoms with Crippen LogP contribution < -0.4 is 10.6 Å². The van der Waals surface area contributed by atoms with Gasteiger partial charge in [0.1, 0.15) is 5.82 Å². The van der Waals surface area contributed by atoms with Gasteiger partial charge in [0.05, 0.1) is 17.4 Å². The van der Waals surface area contributed by atoms with Crippen molar-refractivity contribution in [1.82, 2.24) is 10.6 Å². The minimum Gasteiger partial charge on any atom is -0.350 e. The van der Waals surface area contributed by atoms with Crippen molar-refractivity contribution >= 4 is 40.4 Å². The molecule has 2 rings (SSSR count). The SMILES string of the molecule is CC(C)(NCC(=O)NCc1ccc(Cl)s1)c1ccc(F)cc1Cl. The standard InChI is InChI=1S/C16H17Cl2FN2OS/c1-16(2,12-5-3-10(19)7-13(12)17)21-9-15(22)20-8-11-4-6-14(18)23-11/h3-7,21H,8-9H2,1-2H3,(H,20,22). The van der Waals surface area contributed by atoms with Gasteiger partial charge in [-0.2, -0.15) is 0 Å². The van der Waals surface area contributed by atoms with Crippen molar-refractivity contribution in [2.45, 2.75) is 25.9 Å². The number of thiophene rings is 1. The average molecular weight is 375 g/mol. The van der Waals surface area contributed by atoms with E-state index in [9.17, 15) is 9.18 Å². The number of carbonyl (C=O) groups is 1. The van der Waals surface area contributed by atoms with E-state index in [0.717, 1.165) is 10.4 Å². The maximum absolute atomic E-state index is 13.1. The van der Waals surface area contributed by atoms with E-state index in [1.165, 1.54) is 23.5 Å². The smallest absolute Gasteiger partial charge is 0.234 e. The Labute approximate surface area is 148 Å². The van der Waals surface area contributed by atoms with E-state index in [-0.39, 0.29) is 18.3 Å². The lowest BCUT2D eigenvalue weighted by Crippen LogP contribution is -2.43. The molecule has 2 N–H and O–H groups in total. The second-order valence-electron chi connectivity index (χ2n) is 5.59. The summed E-state index contributed by atoms with van der Waals surface area (Å²) in [5.74, 6) is -0.525. The molecule has 0 unspecified atom stereocenters. The molecular formula is C16H17Cl2FN2OS. The first-order valence-electron chi connectivity index (χ1n) is 6.99. The predicted octanol–water partition coefficient (Wildman–Crippen LogP) is 4.34. The van der Waals surface area contributed by atoms with Crippen LogP contribution in [-0.2, 0) is 16.9 Å². The number of carbonyl (C=O) groups excluding carboxylic acids is 1. The van der Waals surface area contributed by atoms with Gasteiger partial charge in [0.15, 0.2) is 0 Å². The van der Waals surface area contributed by atoms with Gasteiger partial charge in [0, 0.05) is 15.4 Å². The summed E-state index contributed by atoms with van der Waals surface area (Å²) < 4.78 is 13.8.